The smallest absolute Gasteiger partial charge is 0.153 e. The molecule has 23 heavy (non-hydrogen) atoms. The number of benzene rings is 2. The Kier molecular flexibility index (Phi) is 4.55. The van der Waals surface area contributed by atoms with Crippen LogP contribution in [0.25, 0.3) is 0 Å². The monoisotopic (exact) mass is 312 g/mol. The number of aldehydes is 2. The van der Waals surface area contributed by atoms with Gasteiger partial charge in [0.2, 0.25) is 0 Å². The Morgan fingerprint density at radius 3 is 1.39 bits per heavy atom. The average molecular weight is 312 g/mol. The molecule has 0 bridgehead atoms. The van der Waals surface area contributed by atoms with E-state index in [0.717, 1.165) is 22.3 Å². The molecule has 2 N–H and O–H groups in total. The summed E-state index contributed by atoms with van der Waals surface area (Å²) in [6.45, 7) is 7.32. The Hall–Kier alpha value is -2.62. The predicted octanol–water partition coefficient (Wildman–Crippen LogP) is 3.55. The van der Waals surface area contributed by atoms with Crippen molar-refractivity contribution in [3.8, 4) is 11.5 Å². The lowest BCUT2D eigenvalue weighted by molar-refractivity contribution is 0.111. The van der Waals surface area contributed by atoms with E-state index in [2.05, 4.69) is 0 Å². The Bertz CT molecular complexity index is 736. The predicted molar refractivity (Wildman–Crippen MR) is 88.7 cm³/mol. The fourth-order valence-electron chi connectivity index (χ4n) is 2.75. The summed E-state index contributed by atoms with van der Waals surface area (Å²) in [4.78, 5) is 22.2. The lowest BCUT2D eigenvalue weighted by Gasteiger charge is -2.16. The molecule has 4 heteroatoms. The van der Waals surface area contributed by atoms with E-state index in [0.29, 0.717) is 30.1 Å². The molecule has 0 amide bonds. The summed E-state index contributed by atoms with van der Waals surface area (Å²) < 4.78 is 0. The fourth-order valence-corrected chi connectivity index (χ4v) is 2.75. The van der Waals surface area contributed by atoms with E-state index in [-0.39, 0.29) is 22.6 Å². The van der Waals surface area contributed by atoms with Gasteiger partial charge in [0.1, 0.15) is 11.5 Å². The molecule has 2 aromatic carbocycles. The van der Waals surface area contributed by atoms with Crippen molar-refractivity contribution >= 4 is 12.6 Å². The summed E-state index contributed by atoms with van der Waals surface area (Å²) in [5.74, 6) is 0.0156. The lowest BCUT2D eigenvalue weighted by Crippen LogP contribution is -2.02. The van der Waals surface area contributed by atoms with Crippen LogP contribution in [0.5, 0.6) is 11.5 Å². The van der Waals surface area contributed by atoms with Gasteiger partial charge < -0.3 is 10.2 Å². The number of carbonyl (C=O) groups excluding carboxylic acids is 2. The maximum absolute atomic E-state index is 11.1. The third-order valence-electron chi connectivity index (χ3n) is 4.64. The van der Waals surface area contributed by atoms with Crippen molar-refractivity contribution in [1.29, 1.82) is 0 Å². The zero-order valence-electron chi connectivity index (χ0n) is 13.7. The summed E-state index contributed by atoms with van der Waals surface area (Å²) in [6, 6.07) is 3.35. The zero-order valence-corrected chi connectivity index (χ0v) is 13.7. The number of rotatable bonds is 4. The van der Waals surface area contributed by atoms with E-state index < -0.39 is 0 Å². The minimum absolute atomic E-state index is 0.00781. The summed E-state index contributed by atoms with van der Waals surface area (Å²) in [5.41, 5.74) is 5.50. The molecule has 0 aliphatic carbocycles. The van der Waals surface area contributed by atoms with Crippen LogP contribution in [0.15, 0.2) is 12.1 Å². The molecule has 0 aliphatic heterocycles. The van der Waals surface area contributed by atoms with E-state index in [1.807, 2.05) is 13.8 Å². The van der Waals surface area contributed by atoms with Gasteiger partial charge in [0.25, 0.3) is 0 Å². The molecule has 0 spiro atoms. The van der Waals surface area contributed by atoms with Gasteiger partial charge in [-0.2, -0.15) is 0 Å². The SMILES string of the molecule is Cc1c(Cc2cc(C=O)c(O)c(C)c2C)cc(C=O)c(O)c1C. The molecular formula is C19H20O4. The molecule has 0 aromatic heterocycles. The lowest BCUT2D eigenvalue weighted by atomic mass is 9.90. The van der Waals surface area contributed by atoms with Gasteiger partial charge in [-0.25, -0.2) is 0 Å². The number of hydrogen-bond acceptors (Lipinski definition) is 4. The van der Waals surface area contributed by atoms with Gasteiger partial charge in [-0.3, -0.25) is 9.59 Å². The molecular weight excluding hydrogens is 292 g/mol. The van der Waals surface area contributed by atoms with Crippen molar-refractivity contribution in [3.05, 3.63) is 56.6 Å². The Morgan fingerprint density at radius 2 is 1.09 bits per heavy atom. The molecule has 0 saturated heterocycles. The van der Waals surface area contributed by atoms with Crippen molar-refractivity contribution in [3.63, 3.8) is 0 Å². The van der Waals surface area contributed by atoms with Crippen molar-refractivity contribution in [2.24, 2.45) is 0 Å². The van der Waals surface area contributed by atoms with Crippen LogP contribution in [0.3, 0.4) is 0 Å². The molecule has 4 nitrogen and oxygen atoms in total. The highest BCUT2D eigenvalue weighted by Crippen LogP contribution is 2.32. The van der Waals surface area contributed by atoms with Crippen molar-refractivity contribution in [2.75, 3.05) is 0 Å². The van der Waals surface area contributed by atoms with Crippen molar-refractivity contribution in [2.45, 2.75) is 34.1 Å². The fraction of sp³-hybridized carbons (Fsp3) is 0.263. The second-order valence-corrected chi connectivity index (χ2v) is 5.86. The van der Waals surface area contributed by atoms with Gasteiger partial charge in [0.15, 0.2) is 12.6 Å². The highest BCUT2D eigenvalue weighted by atomic mass is 16.3. The second kappa shape index (κ2) is 6.24. The van der Waals surface area contributed by atoms with Gasteiger partial charge in [0, 0.05) is 0 Å². The van der Waals surface area contributed by atoms with Crippen LogP contribution in [-0.2, 0) is 6.42 Å². The molecule has 0 fully saturated rings. The quantitative estimate of drug-likeness (QED) is 0.847. The molecule has 0 unspecified atom stereocenters. The van der Waals surface area contributed by atoms with Crippen LogP contribution in [0, 0.1) is 27.7 Å². The molecule has 0 heterocycles. The highest BCUT2D eigenvalue weighted by molar-refractivity contribution is 5.82. The van der Waals surface area contributed by atoms with E-state index in [1.54, 1.807) is 26.0 Å². The third kappa shape index (κ3) is 2.84. The first-order valence-corrected chi connectivity index (χ1v) is 7.36. The summed E-state index contributed by atoms with van der Waals surface area (Å²) in [7, 11) is 0. The number of hydrogen-bond donors (Lipinski definition) is 2. The Balaban J connectivity index is 2.60. The van der Waals surface area contributed by atoms with E-state index in [9.17, 15) is 19.8 Å². The maximum atomic E-state index is 11.1. The zero-order chi connectivity index (χ0) is 17.3. The van der Waals surface area contributed by atoms with Crippen LogP contribution in [-0.4, -0.2) is 22.8 Å². The van der Waals surface area contributed by atoms with Crippen LogP contribution in [0.1, 0.15) is 54.1 Å². The largest absolute Gasteiger partial charge is 0.507 e. The normalized spacial score (nSPS) is 10.6. The Morgan fingerprint density at radius 1 is 0.739 bits per heavy atom. The average Bonchev–Trinajstić information content (AvgIpc) is 2.55. The summed E-state index contributed by atoms with van der Waals surface area (Å²) in [5, 5.41) is 20.0. The molecule has 0 aliphatic rings. The number of carbonyl (C=O) groups is 2. The molecule has 0 saturated carbocycles. The second-order valence-electron chi connectivity index (χ2n) is 5.86. The van der Waals surface area contributed by atoms with E-state index in [1.165, 1.54) is 0 Å². The first-order chi connectivity index (χ1) is 10.8. The molecule has 2 aromatic rings. The molecule has 0 radical (unpaired) electrons. The van der Waals surface area contributed by atoms with Gasteiger partial charge >= 0.3 is 0 Å². The van der Waals surface area contributed by atoms with Crippen molar-refractivity contribution < 1.29 is 19.8 Å². The van der Waals surface area contributed by atoms with E-state index >= 15 is 0 Å². The number of phenolic OH excluding ortho intramolecular Hbond substituents is 2. The third-order valence-corrected chi connectivity index (χ3v) is 4.64. The topological polar surface area (TPSA) is 74.6 Å². The van der Waals surface area contributed by atoms with Crippen LogP contribution in [0.2, 0.25) is 0 Å². The summed E-state index contributed by atoms with van der Waals surface area (Å²) >= 11 is 0. The highest BCUT2D eigenvalue weighted by Gasteiger charge is 2.15. The van der Waals surface area contributed by atoms with Gasteiger partial charge in [-0.15, -0.1) is 0 Å². The number of aromatic hydroxyl groups is 2. The Labute approximate surface area is 135 Å². The first-order valence-electron chi connectivity index (χ1n) is 7.36. The van der Waals surface area contributed by atoms with Gasteiger partial charge in [0.05, 0.1) is 11.1 Å². The standard InChI is InChI=1S/C19H20O4/c1-10-12(3)18(22)16(8-20)6-14(10)5-15-7-17(9-21)19(23)13(4)11(15)2/h6-9,22-23H,5H2,1-4H3. The molecule has 120 valence electrons. The first kappa shape index (κ1) is 16.7. The van der Waals surface area contributed by atoms with E-state index in [4.69, 9.17) is 0 Å². The molecule has 2 rings (SSSR count). The number of phenols is 2. The van der Waals surface area contributed by atoms with Crippen LogP contribution >= 0.6 is 0 Å². The minimum atomic E-state index is 0.00781. The maximum Gasteiger partial charge on any atom is 0.153 e. The van der Waals surface area contributed by atoms with Crippen LogP contribution in [0.4, 0.5) is 0 Å². The van der Waals surface area contributed by atoms with Crippen molar-refractivity contribution in [1.82, 2.24) is 0 Å². The van der Waals surface area contributed by atoms with Gasteiger partial charge in [-0.1, -0.05) is 0 Å². The van der Waals surface area contributed by atoms with Gasteiger partial charge in [-0.05, 0) is 79.6 Å². The molecule has 0 atom stereocenters. The summed E-state index contributed by atoms with van der Waals surface area (Å²) in [6.07, 6.45) is 1.79. The minimum Gasteiger partial charge on any atom is -0.507 e. The van der Waals surface area contributed by atoms with Crippen LogP contribution < -0.4 is 0 Å².